The molecule has 146 valence electrons. The fourth-order valence-electron chi connectivity index (χ4n) is 2.77. The first-order chi connectivity index (χ1) is 13.5. The van der Waals surface area contributed by atoms with Crippen LogP contribution in [0.25, 0.3) is 0 Å². The highest BCUT2D eigenvalue weighted by Crippen LogP contribution is 2.24. The van der Waals surface area contributed by atoms with Crippen molar-refractivity contribution in [2.45, 2.75) is 24.2 Å². The molecule has 0 saturated heterocycles. The zero-order valence-corrected chi connectivity index (χ0v) is 16.6. The standard InChI is InChI=1S/C20H20ClN3O3S/c21-18-11-4-5-12-19(18)24-28(26,27)17-10-6-9-16(13-17)20(25)23-22-14-15-7-2-1-3-8-15/h1-2,4-6,9-15,24H,3,7-8H2,(H,23,25)/b22-14-/t15-/m1/s1. The number of benzene rings is 2. The number of amides is 1. The van der Waals surface area contributed by atoms with Crippen molar-refractivity contribution in [3.63, 3.8) is 0 Å². The molecule has 0 bridgehead atoms. The Kier molecular flexibility index (Phi) is 6.49. The minimum atomic E-state index is -3.89. The molecule has 0 unspecified atom stereocenters. The van der Waals surface area contributed by atoms with Crippen LogP contribution in [0.1, 0.15) is 29.6 Å². The molecule has 1 aliphatic rings. The first-order valence-corrected chi connectivity index (χ1v) is 10.7. The number of carbonyl (C=O) groups excluding carboxylic acids is 1. The summed E-state index contributed by atoms with van der Waals surface area (Å²) in [4.78, 5) is 12.3. The summed E-state index contributed by atoms with van der Waals surface area (Å²) in [5.41, 5.74) is 2.92. The summed E-state index contributed by atoms with van der Waals surface area (Å²) in [5, 5.41) is 4.29. The van der Waals surface area contributed by atoms with Gasteiger partial charge in [-0.05, 0) is 55.5 Å². The molecule has 0 saturated carbocycles. The number of rotatable bonds is 6. The van der Waals surface area contributed by atoms with Crippen LogP contribution in [0.5, 0.6) is 0 Å². The zero-order chi connectivity index (χ0) is 20.0. The van der Waals surface area contributed by atoms with Crippen LogP contribution in [0.2, 0.25) is 5.02 Å². The fourth-order valence-corrected chi connectivity index (χ4v) is 4.13. The summed E-state index contributed by atoms with van der Waals surface area (Å²) in [5.74, 6) is -0.172. The molecular weight excluding hydrogens is 398 g/mol. The van der Waals surface area contributed by atoms with Crippen molar-refractivity contribution in [1.82, 2.24) is 5.43 Å². The third-order valence-corrected chi connectivity index (χ3v) is 5.98. The third-order valence-electron chi connectivity index (χ3n) is 4.29. The van der Waals surface area contributed by atoms with Crippen LogP contribution in [0.15, 0.2) is 70.7 Å². The number of hydrogen-bond donors (Lipinski definition) is 2. The summed E-state index contributed by atoms with van der Waals surface area (Å²) in [6, 6.07) is 12.3. The highest BCUT2D eigenvalue weighted by atomic mass is 35.5. The Morgan fingerprint density at radius 2 is 1.96 bits per heavy atom. The highest BCUT2D eigenvalue weighted by Gasteiger charge is 2.17. The van der Waals surface area contributed by atoms with Gasteiger partial charge in [0.25, 0.3) is 15.9 Å². The van der Waals surface area contributed by atoms with Gasteiger partial charge in [0.2, 0.25) is 0 Å². The smallest absolute Gasteiger partial charge is 0.271 e. The number of halogens is 1. The Bertz CT molecular complexity index is 1020. The number of hydrazone groups is 1. The van der Waals surface area contributed by atoms with E-state index in [2.05, 4.69) is 27.4 Å². The second kappa shape index (κ2) is 9.03. The van der Waals surface area contributed by atoms with Crippen LogP contribution in [-0.2, 0) is 10.0 Å². The van der Waals surface area contributed by atoms with Crippen LogP contribution in [0.3, 0.4) is 0 Å². The Morgan fingerprint density at radius 1 is 1.14 bits per heavy atom. The van der Waals surface area contributed by atoms with E-state index in [1.165, 1.54) is 24.3 Å². The topological polar surface area (TPSA) is 87.6 Å². The second-order valence-corrected chi connectivity index (χ2v) is 8.47. The number of para-hydroxylation sites is 1. The molecule has 0 fully saturated rings. The van der Waals surface area contributed by atoms with Gasteiger partial charge in [-0.15, -0.1) is 0 Å². The first-order valence-electron chi connectivity index (χ1n) is 8.81. The molecule has 0 aromatic heterocycles. The molecular formula is C20H20ClN3O3S. The van der Waals surface area contributed by atoms with E-state index in [1.807, 2.05) is 0 Å². The third kappa shape index (κ3) is 5.21. The predicted octanol–water partition coefficient (Wildman–Crippen LogP) is 4.21. The van der Waals surface area contributed by atoms with Gasteiger partial charge in [0.15, 0.2) is 0 Å². The summed E-state index contributed by atoms with van der Waals surface area (Å²) in [7, 11) is -3.89. The predicted molar refractivity (Wildman–Crippen MR) is 111 cm³/mol. The Labute approximate surface area is 169 Å². The molecule has 2 aromatic carbocycles. The van der Waals surface area contributed by atoms with E-state index in [9.17, 15) is 13.2 Å². The molecule has 0 aliphatic heterocycles. The van der Waals surface area contributed by atoms with E-state index in [4.69, 9.17) is 11.6 Å². The van der Waals surface area contributed by atoms with E-state index in [1.54, 1.807) is 30.5 Å². The van der Waals surface area contributed by atoms with Gasteiger partial charge in [0.1, 0.15) is 0 Å². The fraction of sp³-hybridized carbons (Fsp3) is 0.200. The number of anilines is 1. The number of nitrogens with one attached hydrogen (secondary N) is 2. The van der Waals surface area contributed by atoms with E-state index in [0.29, 0.717) is 5.92 Å². The SMILES string of the molecule is O=C(N/N=C\[C@@H]1CC=CCC1)c1cccc(S(=O)(=O)Nc2ccccc2Cl)c1. The van der Waals surface area contributed by atoms with Gasteiger partial charge in [0.05, 0.1) is 15.6 Å². The van der Waals surface area contributed by atoms with Gasteiger partial charge >= 0.3 is 0 Å². The molecule has 1 aliphatic carbocycles. The van der Waals surface area contributed by atoms with Crippen molar-refractivity contribution in [3.05, 3.63) is 71.3 Å². The molecule has 28 heavy (non-hydrogen) atoms. The number of hydrogen-bond acceptors (Lipinski definition) is 4. The lowest BCUT2D eigenvalue weighted by Crippen LogP contribution is -2.20. The van der Waals surface area contributed by atoms with Crippen molar-refractivity contribution in [2.24, 2.45) is 11.0 Å². The molecule has 8 heteroatoms. The summed E-state index contributed by atoms with van der Waals surface area (Å²) >= 11 is 6.01. The van der Waals surface area contributed by atoms with Crippen molar-refractivity contribution < 1.29 is 13.2 Å². The van der Waals surface area contributed by atoms with Gasteiger partial charge in [-0.2, -0.15) is 5.10 Å². The maximum absolute atomic E-state index is 12.6. The lowest BCUT2D eigenvalue weighted by atomic mass is 9.96. The van der Waals surface area contributed by atoms with Crippen molar-refractivity contribution in [2.75, 3.05) is 4.72 Å². The van der Waals surface area contributed by atoms with E-state index in [-0.39, 0.29) is 21.2 Å². The van der Waals surface area contributed by atoms with Crippen molar-refractivity contribution in [1.29, 1.82) is 0 Å². The van der Waals surface area contributed by atoms with Crippen LogP contribution in [0, 0.1) is 5.92 Å². The maximum Gasteiger partial charge on any atom is 0.271 e. The molecule has 2 N–H and O–H groups in total. The van der Waals surface area contributed by atoms with Crippen molar-refractivity contribution in [3.8, 4) is 0 Å². The van der Waals surface area contributed by atoms with Crippen LogP contribution in [-0.4, -0.2) is 20.5 Å². The zero-order valence-electron chi connectivity index (χ0n) is 15.0. The number of sulfonamides is 1. The second-order valence-electron chi connectivity index (χ2n) is 6.38. The number of allylic oxidation sites excluding steroid dienone is 2. The summed E-state index contributed by atoms with van der Waals surface area (Å²) in [6.45, 7) is 0. The molecule has 0 radical (unpaired) electrons. The normalized spacial score (nSPS) is 16.8. The molecule has 1 amide bonds. The summed E-state index contributed by atoms with van der Waals surface area (Å²) in [6.07, 6.45) is 8.86. The van der Waals surface area contributed by atoms with E-state index in [0.717, 1.165) is 19.3 Å². The average Bonchev–Trinajstić information content (AvgIpc) is 2.70. The highest BCUT2D eigenvalue weighted by molar-refractivity contribution is 7.92. The van der Waals surface area contributed by atoms with Gasteiger partial charge < -0.3 is 0 Å². The van der Waals surface area contributed by atoms with Gasteiger partial charge in [-0.3, -0.25) is 9.52 Å². The molecule has 0 heterocycles. The van der Waals surface area contributed by atoms with Gasteiger partial charge in [-0.1, -0.05) is 42.0 Å². The van der Waals surface area contributed by atoms with Gasteiger partial charge in [0, 0.05) is 11.8 Å². The Hall–Kier alpha value is -2.64. The minimum absolute atomic E-state index is 0.0403. The van der Waals surface area contributed by atoms with Crippen LogP contribution in [0.4, 0.5) is 5.69 Å². The molecule has 6 nitrogen and oxygen atoms in total. The molecule has 3 rings (SSSR count). The lowest BCUT2D eigenvalue weighted by Gasteiger charge is -2.12. The largest absolute Gasteiger partial charge is 0.278 e. The number of carbonyl (C=O) groups is 1. The Balaban J connectivity index is 1.70. The van der Waals surface area contributed by atoms with Crippen LogP contribution < -0.4 is 10.1 Å². The molecule has 1 atom stereocenters. The minimum Gasteiger partial charge on any atom is -0.278 e. The van der Waals surface area contributed by atoms with Crippen LogP contribution >= 0.6 is 11.6 Å². The monoisotopic (exact) mass is 417 g/mol. The lowest BCUT2D eigenvalue weighted by molar-refractivity contribution is 0.0954. The van der Waals surface area contributed by atoms with E-state index >= 15 is 0 Å². The quantitative estimate of drug-likeness (QED) is 0.419. The maximum atomic E-state index is 12.6. The number of nitrogens with zero attached hydrogens (tertiary/aromatic N) is 1. The summed E-state index contributed by atoms with van der Waals surface area (Å²) < 4.78 is 27.7. The van der Waals surface area contributed by atoms with Gasteiger partial charge in [-0.25, -0.2) is 13.8 Å². The molecule has 2 aromatic rings. The van der Waals surface area contributed by atoms with Crippen molar-refractivity contribution >= 4 is 39.4 Å². The van der Waals surface area contributed by atoms with E-state index < -0.39 is 15.9 Å². The Morgan fingerprint density at radius 3 is 2.71 bits per heavy atom. The molecule has 0 spiro atoms. The first kappa shape index (κ1) is 20.1. The average molecular weight is 418 g/mol.